The number of carbonyl (C=O) groups excluding carboxylic acids is 1. The van der Waals surface area contributed by atoms with E-state index in [-0.39, 0.29) is 5.78 Å². The Labute approximate surface area is 119 Å². The monoisotopic (exact) mass is 281 g/mol. The lowest BCUT2D eigenvalue weighted by Gasteiger charge is -2.34. The van der Waals surface area contributed by atoms with Crippen molar-refractivity contribution in [1.29, 1.82) is 0 Å². The van der Waals surface area contributed by atoms with Crippen molar-refractivity contribution in [2.24, 2.45) is 5.92 Å². The molecule has 0 bridgehead atoms. The molecule has 1 aliphatic heterocycles. The minimum Gasteiger partial charge on any atom is -0.384 e. The molecule has 1 aromatic rings. The van der Waals surface area contributed by atoms with Crippen LogP contribution in [-0.2, 0) is 4.74 Å². The average molecular weight is 282 g/mol. The number of benzene rings is 1. The zero-order valence-electron chi connectivity index (χ0n) is 11.5. The van der Waals surface area contributed by atoms with Gasteiger partial charge in [0.05, 0.1) is 17.3 Å². The molecule has 19 heavy (non-hydrogen) atoms. The highest BCUT2D eigenvalue weighted by molar-refractivity contribution is 6.33. The highest BCUT2D eigenvalue weighted by Gasteiger charge is 2.21. The van der Waals surface area contributed by atoms with Gasteiger partial charge in [0.25, 0.3) is 0 Å². The summed E-state index contributed by atoms with van der Waals surface area (Å²) in [4.78, 5) is 13.6. The van der Waals surface area contributed by atoms with Crippen LogP contribution in [0.1, 0.15) is 30.1 Å². The molecule has 1 atom stereocenters. The lowest BCUT2D eigenvalue weighted by Crippen LogP contribution is -2.37. The van der Waals surface area contributed by atoms with Crippen LogP contribution in [-0.4, -0.2) is 32.6 Å². The maximum atomic E-state index is 11.3. The second kappa shape index (κ2) is 6.40. The van der Waals surface area contributed by atoms with E-state index in [0.29, 0.717) is 16.5 Å². The molecule has 0 spiro atoms. The number of piperidine rings is 1. The average Bonchev–Trinajstić information content (AvgIpc) is 2.39. The minimum absolute atomic E-state index is 0.0457. The largest absolute Gasteiger partial charge is 0.384 e. The number of anilines is 1. The Hall–Kier alpha value is -1.06. The Morgan fingerprint density at radius 3 is 2.95 bits per heavy atom. The molecule has 1 saturated heterocycles. The SMILES string of the molecule is COCC1CCCN(c2ccc(C(C)=O)cc2Cl)C1. The fraction of sp³-hybridized carbons (Fsp3) is 0.533. The van der Waals surface area contributed by atoms with Gasteiger partial charge in [0.1, 0.15) is 0 Å². The maximum Gasteiger partial charge on any atom is 0.159 e. The van der Waals surface area contributed by atoms with E-state index < -0.39 is 0 Å². The minimum atomic E-state index is 0.0457. The summed E-state index contributed by atoms with van der Waals surface area (Å²) in [7, 11) is 1.74. The van der Waals surface area contributed by atoms with E-state index in [2.05, 4.69) is 4.90 Å². The van der Waals surface area contributed by atoms with Crippen molar-refractivity contribution in [3.8, 4) is 0 Å². The first-order chi connectivity index (χ1) is 9.11. The maximum absolute atomic E-state index is 11.3. The normalized spacial score (nSPS) is 19.5. The number of ketones is 1. The molecule has 1 unspecified atom stereocenters. The molecule has 1 aliphatic rings. The number of carbonyl (C=O) groups is 1. The predicted molar refractivity (Wildman–Crippen MR) is 78.3 cm³/mol. The van der Waals surface area contributed by atoms with Gasteiger partial charge in [0, 0.05) is 25.8 Å². The summed E-state index contributed by atoms with van der Waals surface area (Å²) in [5, 5.41) is 0.658. The van der Waals surface area contributed by atoms with Crippen LogP contribution in [0.4, 0.5) is 5.69 Å². The van der Waals surface area contributed by atoms with Crippen LogP contribution in [0.2, 0.25) is 5.02 Å². The number of methoxy groups -OCH3 is 1. The molecular formula is C15H20ClNO2. The molecule has 2 rings (SSSR count). The summed E-state index contributed by atoms with van der Waals surface area (Å²) >= 11 is 6.31. The van der Waals surface area contributed by atoms with E-state index >= 15 is 0 Å². The molecule has 4 heteroatoms. The summed E-state index contributed by atoms with van der Waals surface area (Å²) in [6, 6.07) is 5.57. The van der Waals surface area contributed by atoms with Gasteiger partial charge in [-0.2, -0.15) is 0 Å². The van der Waals surface area contributed by atoms with Crippen molar-refractivity contribution in [3.63, 3.8) is 0 Å². The van der Waals surface area contributed by atoms with Crippen LogP contribution >= 0.6 is 11.6 Å². The van der Waals surface area contributed by atoms with Crippen LogP contribution in [0.5, 0.6) is 0 Å². The van der Waals surface area contributed by atoms with Crippen molar-refractivity contribution in [2.45, 2.75) is 19.8 Å². The van der Waals surface area contributed by atoms with E-state index in [4.69, 9.17) is 16.3 Å². The van der Waals surface area contributed by atoms with E-state index in [1.807, 2.05) is 12.1 Å². The first kappa shape index (κ1) is 14.4. The molecule has 0 aliphatic carbocycles. The van der Waals surface area contributed by atoms with Gasteiger partial charge in [-0.05, 0) is 43.9 Å². The standard InChI is InChI=1S/C15H20ClNO2/c1-11(18)13-5-6-15(14(16)8-13)17-7-3-4-12(9-17)10-19-2/h5-6,8,12H,3-4,7,9-10H2,1-2H3. The van der Waals surface area contributed by atoms with Gasteiger partial charge >= 0.3 is 0 Å². The summed E-state index contributed by atoms with van der Waals surface area (Å²) in [5.74, 6) is 0.603. The number of Topliss-reactive ketones (excluding diaryl/α,β-unsaturated/α-hetero) is 1. The highest BCUT2D eigenvalue weighted by atomic mass is 35.5. The molecule has 0 saturated carbocycles. The van der Waals surface area contributed by atoms with Crippen molar-refractivity contribution in [3.05, 3.63) is 28.8 Å². The van der Waals surface area contributed by atoms with Gasteiger partial charge in [-0.1, -0.05) is 11.6 Å². The second-order valence-electron chi connectivity index (χ2n) is 5.13. The number of hydrogen-bond donors (Lipinski definition) is 0. The molecular weight excluding hydrogens is 262 g/mol. The van der Waals surface area contributed by atoms with Gasteiger partial charge in [-0.25, -0.2) is 0 Å². The van der Waals surface area contributed by atoms with Crippen molar-refractivity contribution < 1.29 is 9.53 Å². The summed E-state index contributed by atoms with van der Waals surface area (Å²) < 4.78 is 5.24. The van der Waals surface area contributed by atoms with Gasteiger partial charge in [0.2, 0.25) is 0 Å². The highest BCUT2D eigenvalue weighted by Crippen LogP contribution is 2.30. The topological polar surface area (TPSA) is 29.5 Å². The molecule has 0 N–H and O–H groups in total. The van der Waals surface area contributed by atoms with Gasteiger partial charge in [-0.3, -0.25) is 4.79 Å². The number of halogens is 1. The molecule has 1 fully saturated rings. The Balaban J connectivity index is 2.15. The number of hydrogen-bond acceptors (Lipinski definition) is 3. The van der Waals surface area contributed by atoms with E-state index in [9.17, 15) is 4.79 Å². The Morgan fingerprint density at radius 1 is 1.53 bits per heavy atom. The molecule has 3 nitrogen and oxygen atoms in total. The van der Waals surface area contributed by atoms with E-state index in [0.717, 1.165) is 31.8 Å². The lowest BCUT2D eigenvalue weighted by atomic mass is 9.98. The first-order valence-corrected chi connectivity index (χ1v) is 7.04. The Bertz CT molecular complexity index is 459. The lowest BCUT2D eigenvalue weighted by molar-refractivity contribution is 0.101. The first-order valence-electron chi connectivity index (χ1n) is 6.66. The van der Waals surface area contributed by atoms with E-state index in [1.54, 1.807) is 20.1 Å². The Morgan fingerprint density at radius 2 is 2.32 bits per heavy atom. The van der Waals surface area contributed by atoms with Crippen LogP contribution in [0.25, 0.3) is 0 Å². The zero-order valence-corrected chi connectivity index (χ0v) is 12.2. The Kier molecular flexibility index (Phi) is 4.83. The number of nitrogens with zero attached hydrogens (tertiary/aromatic N) is 1. The molecule has 1 heterocycles. The summed E-state index contributed by atoms with van der Waals surface area (Å²) in [6.07, 6.45) is 2.35. The van der Waals surface area contributed by atoms with Crippen molar-refractivity contribution in [1.82, 2.24) is 0 Å². The van der Waals surface area contributed by atoms with Gasteiger partial charge in [0.15, 0.2) is 5.78 Å². The van der Waals surface area contributed by atoms with Crippen LogP contribution in [0.3, 0.4) is 0 Å². The summed E-state index contributed by atoms with van der Waals surface area (Å²) in [6.45, 7) is 4.33. The molecule has 0 amide bonds. The smallest absolute Gasteiger partial charge is 0.159 e. The molecule has 0 radical (unpaired) electrons. The van der Waals surface area contributed by atoms with Crippen LogP contribution in [0.15, 0.2) is 18.2 Å². The van der Waals surface area contributed by atoms with Gasteiger partial charge in [-0.15, -0.1) is 0 Å². The fourth-order valence-electron chi connectivity index (χ4n) is 2.64. The quantitative estimate of drug-likeness (QED) is 0.792. The number of ether oxygens (including phenoxy) is 1. The predicted octanol–water partition coefficient (Wildman–Crippen LogP) is 3.41. The number of rotatable bonds is 4. The van der Waals surface area contributed by atoms with Crippen molar-refractivity contribution in [2.75, 3.05) is 31.7 Å². The third-order valence-electron chi connectivity index (χ3n) is 3.62. The third kappa shape index (κ3) is 3.48. The summed E-state index contributed by atoms with van der Waals surface area (Å²) in [5.41, 5.74) is 1.69. The van der Waals surface area contributed by atoms with E-state index in [1.165, 1.54) is 6.42 Å². The molecule has 0 aromatic heterocycles. The molecule has 104 valence electrons. The third-order valence-corrected chi connectivity index (χ3v) is 3.92. The second-order valence-corrected chi connectivity index (χ2v) is 5.54. The van der Waals surface area contributed by atoms with Crippen molar-refractivity contribution >= 4 is 23.1 Å². The van der Waals surface area contributed by atoms with Crippen LogP contribution in [0, 0.1) is 5.92 Å². The fourth-order valence-corrected chi connectivity index (χ4v) is 2.94. The van der Waals surface area contributed by atoms with Crippen LogP contribution < -0.4 is 4.90 Å². The van der Waals surface area contributed by atoms with Gasteiger partial charge < -0.3 is 9.64 Å². The zero-order chi connectivity index (χ0) is 13.8. The molecule has 1 aromatic carbocycles.